The first-order valence-corrected chi connectivity index (χ1v) is 36.7. The largest absolute Gasteiger partial charge is 0.254 e. The first-order valence-electron chi connectivity index (χ1n) is 36.7. The zero-order valence-corrected chi connectivity index (χ0v) is 59.3. The van der Waals surface area contributed by atoms with E-state index in [1.807, 2.05) is 103 Å². The maximum Gasteiger partial charge on any atom is 0.179 e. The Hall–Kier alpha value is -15.0. The zero-order valence-electron chi connectivity index (χ0n) is 59.3. The summed E-state index contributed by atoms with van der Waals surface area (Å²) < 4.78 is 0. The molecule has 21 aromatic rings. The number of rotatable bonds is 11. The molecule has 10 nitrogen and oxygen atoms in total. The van der Waals surface area contributed by atoms with Gasteiger partial charge in [0.2, 0.25) is 0 Å². The fourth-order valence-corrected chi connectivity index (χ4v) is 14.9. The quantitative estimate of drug-likeness (QED) is 0.115. The van der Waals surface area contributed by atoms with Crippen molar-refractivity contribution in [2.75, 3.05) is 0 Å². The van der Waals surface area contributed by atoms with Crippen LogP contribution in [0, 0.1) is 0 Å². The van der Waals surface area contributed by atoms with Crippen molar-refractivity contribution >= 4 is 87.0 Å². The summed E-state index contributed by atoms with van der Waals surface area (Å²) in [5.74, 6) is 1.18. The molecule has 0 radical (unpaired) electrons. The average molecular weight is 1400 g/mol. The summed E-state index contributed by atoms with van der Waals surface area (Å²) in [6.07, 6.45) is 1.82. The van der Waals surface area contributed by atoms with Crippen LogP contribution < -0.4 is 0 Å². The molecule has 110 heavy (non-hydrogen) atoms. The second kappa shape index (κ2) is 27.8. The lowest BCUT2D eigenvalue weighted by atomic mass is 9.95. The topological polar surface area (TPSA) is 129 Å². The van der Waals surface area contributed by atoms with Crippen LogP contribution in [0.3, 0.4) is 0 Å². The Morgan fingerprint density at radius 2 is 0.464 bits per heavy atom. The highest BCUT2D eigenvalue weighted by Crippen LogP contribution is 2.39. The minimum atomic E-state index is 0.586. The Morgan fingerprint density at radius 3 is 0.918 bits per heavy atom. The van der Waals surface area contributed by atoms with E-state index in [9.17, 15) is 0 Å². The number of nitrogens with zero attached hydrogens (tertiary/aromatic N) is 10. The van der Waals surface area contributed by atoms with Gasteiger partial charge >= 0.3 is 0 Å². The summed E-state index contributed by atoms with van der Waals surface area (Å²) in [6.45, 7) is 0. The van der Waals surface area contributed by atoms with Gasteiger partial charge in [0, 0.05) is 77.5 Å². The van der Waals surface area contributed by atoms with Crippen molar-refractivity contribution < 1.29 is 0 Å². The molecular formula is C100H62N10. The van der Waals surface area contributed by atoms with Gasteiger partial charge in [0.25, 0.3) is 0 Å². The number of fused-ring (bicyclic) bond motifs is 10. The minimum absolute atomic E-state index is 0.586. The van der Waals surface area contributed by atoms with Crippen LogP contribution in [0.25, 0.3) is 211 Å². The lowest BCUT2D eigenvalue weighted by molar-refractivity contribution is 1.16. The molecule has 0 saturated carbocycles. The van der Waals surface area contributed by atoms with Gasteiger partial charge in [0.15, 0.2) is 11.6 Å². The van der Waals surface area contributed by atoms with Crippen LogP contribution in [0.4, 0.5) is 0 Å². The van der Waals surface area contributed by atoms with Crippen molar-refractivity contribution in [2.45, 2.75) is 0 Å². The van der Waals surface area contributed by atoms with Crippen LogP contribution in [0.5, 0.6) is 0 Å². The minimum Gasteiger partial charge on any atom is -0.254 e. The molecule has 21 rings (SSSR count). The SMILES string of the molecule is c1ccc(-c2cc(-c3ccccc3)nc(-c3ccc4ccc(-c5ccc6ccc(-c7cc8ccccc8c8ccccc78)nc6c5)cc4n3)n2)cc1.c1ccc(-c2cc(-c3ccccc3)nc(-c3ccc4ccc(-c5ccc6ccc(-c7ccc(-c8ccc9ccc%10cccnc%10c9n8)cc7)nc6c5)cc4n3)n2)cc1. The molecule has 8 heterocycles. The molecule has 0 amide bonds. The van der Waals surface area contributed by atoms with Gasteiger partial charge < -0.3 is 0 Å². The lowest BCUT2D eigenvalue weighted by Crippen LogP contribution is -1.97. The Balaban J connectivity index is 0.000000145. The molecular weight excluding hydrogens is 1340 g/mol. The summed E-state index contributed by atoms with van der Waals surface area (Å²) in [5.41, 5.74) is 24.8. The van der Waals surface area contributed by atoms with Crippen molar-refractivity contribution in [2.24, 2.45) is 0 Å². The maximum atomic E-state index is 5.24. The van der Waals surface area contributed by atoms with E-state index in [1.165, 1.54) is 21.5 Å². The highest BCUT2D eigenvalue weighted by atomic mass is 14.9. The Bertz CT molecular complexity index is 7030. The van der Waals surface area contributed by atoms with E-state index < -0.39 is 0 Å². The number of hydrogen-bond acceptors (Lipinski definition) is 10. The van der Waals surface area contributed by atoms with E-state index in [1.54, 1.807) is 0 Å². The van der Waals surface area contributed by atoms with Gasteiger partial charge in [-0.25, -0.2) is 44.9 Å². The van der Waals surface area contributed by atoms with Crippen LogP contribution in [-0.2, 0) is 0 Å². The predicted molar refractivity (Wildman–Crippen MR) is 451 cm³/mol. The molecule has 0 spiro atoms. The summed E-state index contributed by atoms with van der Waals surface area (Å²) in [7, 11) is 0. The van der Waals surface area contributed by atoms with Gasteiger partial charge in [0.1, 0.15) is 11.4 Å². The third kappa shape index (κ3) is 12.6. The van der Waals surface area contributed by atoms with Gasteiger partial charge in [-0.05, 0) is 123 Å². The number of pyridine rings is 6. The molecule has 0 atom stereocenters. The predicted octanol–water partition coefficient (Wildman–Crippen LogP) is 24.9. The molecule has 0 fully saturated rings. The van der Waals surface area contributed by atoms with Crippen LogP contribution in [-0.4, -0.2) is 49.8 Å². The molecule has 0 saturated heterocycles. The molecule has 8 aromatic heterocycles. The third-order valence-corrected chi connectivity index (χ3v) is 20.6. The van der Waals surface area contributed by atoms with Crippen LogP contribution in [0.2, 0.25) is 0 Å². The standard InChI is InChI=1S/C52H32N6.C48H30N4/c1-3-8-33(9-4-1)48-32-49(34-10-5-2-6-11-34)58-52(57-48)45-28-24-38-18-22-42(31-47(38)55-45)41-21-17-37-23-26-43(54-46(37)30-41)35-13-15-36(16-14-35)44-27-25-40-20-19-39-12-7-29-53-50(39)51(40)56-44;1-3-11-31(12-4-1)46-30-47(32-13-5-2-6-14-32)52-48(51-46)43-26-24-34-20-22-36(29-45(34)50-43)35-21-19-33-23-25-42(49-44(33)28-35)41-27-37-15-7-8-16-38(37)39-17-9-10-18-40(39)41/h1-32H;1-30H. The van der Waals surface area contributed by atoms with Gasteiger partial charge in [-0.2, -0.15) is 0 Å². The summed E-state index contributed by atoms with van der Waals surface area (Å²) in [6, 6.07) is 128. The van der Waals surface area contributed by atoms with Gasteiger partial charge in [-0.15, -0.1) is 0 Å². The number of hydrogen-bond donors (Lipinski definition) is 0. The average Bonchev–Trinajstić information content (AvgIpc) is 0.750. The molecule has 0 bridgehead atoms. The van der Waals surface area contributed by atoms with E-state index in [4.69, 9.17) is 44.9 Å². The second-order valence-electron chi connectivity index (χ2n) is 27.5. The van der Waals surface area contributed by atoms with Crippen molar-refractivity contribution in [1.82, 2.24) is 49.8 Å². The first kappa shape index (κ1) is 64.6. The molecule has 512 valence electrons. The van der Waals surface area contributed by atoms with Crippen LogP contribution >= 0.6 is 0 Å². The van der Waals surface area contributed by atoms with Gasteiger partial charge in [0.05, 0.1) is 73.0 Å². The van der Waals surface area contributed by atoms with Gasteiger partial charge in [-0.1, -0.05) is 291 Å². The Labute approximate surface area is 633 Å². The Morgan fingerprint density at radius 1 is 0.155 bits per heavy atom. The number of aromatic nitrogens is 10. The van der Waals surface area contributed by atoms with E-state index >= 15 is 0 Å². The molecule has 0 N–H and O–H groups in total. The van der Waals surface area contributed by atoms with Crippen molar-refractivity contribution in [3.8, 4) is 124 Å². The summed E-state index contributed by atoms with van der Waals surface area (Å²) in [5, 5.41) is 11.3. The summed E-state index contributed by atoms with van der Waals surface area (Å²) >= 11 is 0. The van der Waals surface area contributed by atoms with Crippen molar-refractivity contribution in [3.05, 3.63) is 376 Å². The lowest BCUT2D eigenvalue weighted by Gasteiger charge is -2.12. The van der Waals surface area contributed by atoms with Crippen LogP contribution in [0.15, 0.2) is 376 Å². The van der Waals surface area contributed by atoms with E-state index in [0.29, 0.717) is 11.6 Å². The normalized spacial score (nSPS) is 11.5. The van der Waals surface area contributed by atoms with Gasteiger partial charge in [-0.3, -0.25) is 4.98 Å². The molecule has 0 aliphatic rings. The third-order valence-electron chi connectivity index (χ3n) is 20.6. The highest BCUT2D eigenvalue weighted by molar-refractivity contribution is 6.14. The molecule has 10 heteroatoms. The molecule has 13 aromatic carbocycles. The maximum absolute atomic E-state index is 5.24. The van der Waals surface area contributed by atoms with E-state index in [-0.39, 0.29) is 0 Å². The fraction of sp³-hybridized carbons (Fsp3) is 0. The zero-order chi connectivity index (χ0) is 72.9. The van der Waals surface area contributed by atoms with E-state index in [2.05, 4.69) is 278 Å². The van der Waals surface area contributed by atoms with Crippen molar-refractivity contribution in [3.63, 3.8) is 0 Å². The molecule has 0 aliphatic carbocycles. The fourth-order valence-electron chi connectivity index (χ4n) is 14.9. The smallest absolute Gasteiger partial charge is 0.179 e. The van der Waals surface area contributed by atoms with Crippen molar-refractivity contribution in [1.29, 1.82) is 0 Å². The van der Waals surface area contributed by atoms with Crippen LogP contribution in [0.1, 0.15) is 0 Å². The highest BCUT2D eigenvalue weighted by Gasteiger charge is 2.18. The van der Waals surface area contributed by atoms with E-state index in [0.717, 1.165) is 178 Å². The second-order valence-corrected chi connectivity index (χ2v) is 27.5. The summed E-state index contributed by atoms with van der Waals surface area (Å²) in [4.78, 5) is 50.3. The Kier molecular flexibility index (Phi) is 16.3. The first-order chi connectivity index (χ1) is 54.4. The molecule has 0 unspecified atom stereocenters. The number of benzene rings is 13. The monoisotopic (exact) mass is 1400 g/mol. The molecule has 0 aliphatic heterocycles.